The SMILES string of the molecule is COC(=O)c1cc(-n2ccnc2)ccn1. The van der Waals surface area contributed by atoms with Gasteiger partial charge in [-0.1, -0.05) is 0 Å². The first-order valence-electron chi connectivity index (χ1n) is 4.34. The normalized spacial score (nSPS) is 9.93. The van der Waals surface area contributed by atoms with Gasteiger partial charge in [0.25, 0.3) is 0 Å². The lowest BCUT2D eigenvalue weighted by Gasteiger charge is -2.03. The molecule has 0 aliphatic heterocycles. The summed E-state index contributed by atoms with van der Waals surface area (Å²) in [5.74, 6) is -0.447. The van der Waals surface area contributed by atoms with E-state index < -0.39 is 5.97 Å². The van der Waals surface area contributed by atoms with E-state index in [0.717, 1.165) is 5.69 Å². The number of aromatic nitrogens is 3. The Kier molecular flexibility index (Phi) is 2.45. The Hall–Kier alpha value is -2.17. The number of carbonyl (C=O) groups excluding carboxylic acids is 1. The Labute approximate surface area is 86.4 Å². The van der Waals surface area contributed by atoms with Gasteiger partial charge < -0.3 is 9.30 Å². The van der Waals surface area contributed by atoms with Crippen LogP contribution in [-0.4, -0.2) is 27.6 Å². The summed E-state index contributed by atoms with van der Waals surface area (Å²) in [5, 5.41) is 0. The van der Waals surface area contributed by atoms with E-state index in [1.807, 2.05) is 0 Å². The van der Waals surface area contributed by atoms with Crippen LogP contribution in [0.4, 0.5) is 0 Å². The molecular weight excluding hydrogens is 194 g/mol. The Bertz CT molecular complexity index is 465. The molecule has 0 aromatic carbocycles. The molecule has 0 aliphatic rings. The first-order valence-corrected chi connectivity index (χ1v) is 4.34. The largest absolute Gasteiger partial charge is 0.464 e. The van der Waals surface area contributed by atoms with Crippen molar-refractivity contribution in [2.24, 2.45) is 0 Å². The third-order valence-electron chi connectivity index (χ3n) is 1.94. The summed E-state index contributed by atoms with van der Waals surface area (Å²) in [7, 11) is 1.33. The topological polar surface area (TPSA) is 57.0 Å². The molecule has 0 aliphatic carbocycles. The van der Waals surface area contributed by atoms with Crippen LogP contribution in [0.2, 0.25) is 0 Å². The van der Waals surface area contributed by atoms with Crippen molar-refractivity contribution in [3.05, 3.63) is 42.7 Å². The van der Waals surface area contributed by atoms with Gasteiger partial charge in [-0.25, -0.2) is 14.8 Å². The van der Waals surface area contributed by atoms with Crippen LogP contribution in [0.5, 0.6) is 0 Å². The maximum absolute atomic E-state index is 11.2. The molecule has 0 unspecified atom stereocenters. The van der Waals surface area contributed by atoms with Crippen LogP contribution in [0.3, 0.4) is 0 Å². The smallest absolute Gasteiger partial charge is 0.356 e. The van der Waals surface area contributed by atoms with E-state index in [1.165, 1.54) is 7.11 Å². The molecule has 0 bridgehead atoms. The second-order valence-electron chi connectivity index (χ2n) is 2.86. The molecule has 2 heterocycles. The maximum atomic E-state index is 11.2. The Morgan fingerprint density at radius 1 is 1.47 bits per heavy atom. The number of hydrogen-bond donors (Lipinski definition) is 0. The lowest BCUT2D eigenvalue weighted by atomic mass is 10.3. The van der Waals surface area contributed by atoms with Gasteiger partial charge in [0.15, 0.2) is 0 Å². The predicted molar refractivity (Wildman–Crippen MR) is 52.7 cm³/mol. The van der Waals surface area contributed by atoms with E-state index >= 15 is 0 Å². The van der Waals surface area contributed by atoms with Crippen molar-refractivity contribution in [3.63, 3.8) is 0 Å². The number of carbonyl (C=O) groups is 1. The van der Waals surface area contributed by atoms with Gasteiger partial charge in [0.1, 0.15) is 5.69 Å². The second kappa shape index (κ2) is 3.91. The van der Waals surface area contributed by atoms with Crippen molar-refractivity contribution in [2.45, 2.75) is 0 Å². The van der Waals surface area contributed by atoms with E-state index in [2.05, 4.69) is 14.7 Å². The molecule has 0 saturated carbocycles. The van der Waals surface area contributed by atoms with Gasteiger partial charge in [-0.15, -0.1) is 0 Å². The van der Waals surface area contributed by atoms with Crippen LogP contribution in [0, 0.1) is 0 Å². The quantitative estimate of drug-likeness (QED) is 0.684. The van der Waals surface area contributed by atoms with Gasteiger partial charge in [-0.2, -0.15) is 0 Å². The highest BCUT2D eigenvalue weighted by Gasteiger charge is 2.07. The maximum Gasteiger partial charge on any atom is 0.356 e. The highest BCUT2D eigenvalue weighted by Crippen LogP contribution is 2.08. The minimum atomic E-state index is -0.447. The van der Waals surface area contributed by atoms with E-state index in [-0.39, 0.29) is 5.69 Å². The molecular formula is C10H9N3O2. The van der Waals surface area contributed by atoms with Crippen molar-refractivity contribution in [1.82, 2.24) is 14.5 Å². The van der Waals surface area contributed by atoms with Crippen LogP contribution in [0.25, 0.3) is 5.69 Å². The number of ether oxygens (including phenoxy) is 1. The molecule has 0 saturated heterocycles. The van der Waals surface area contributed by atoms with Crippen molar-refractivity contribution < 1.29 is 9.53 Å². The molecule has 0 N–H and O–H groups in total. The molecule has 5 nitrogen and oxygen atoms in total. The van der Waals surface area contributed by atoms with Gasteiger partial charge in [0.05, 0.1) is 19.1 Å². The van der Waals surface area contributed by atoms with Crippen LogP contribution in [0.15, 0.2) is 37.1 Å². The molecule has 0 radical (unpaired) electrons. The molecule has 0 atom stereocenters. The number of nitrogens with zero attached hydrogens (tertiary/aromatic N) is 3. The van der Waals surface area contributed by atoms with E-state index in [1.54, 1.807) is 41.6 Å². The van der Waals surface area contributed by atoms with Crippen molar-refractivity contribution in [1.29, 1.82) is 0 Å². The van der Waals surface area contributed by atoms with E-state index in [9.17, 15) is 4.79 Å². The Morgan fingerprint density at radius 3 is 3.00 bits per heavy atom. The predicted octanol–water partition coefficient (Wildman–Crippen LogP) is 1.05. The zero-order chi connectivity index (χ0) is 10.7. The lowest BCUT2D eigenvalue weighted by molar-refractivity contribution is 0.0594. The fraction of sp³-hybridized carbons (Fsp3) is 0.100. The molecule has 2 rings (SSSR count). The number of imidazole rings is 1. The average molecular weight is 203 g/mol. The number of esters is 1. The Balaban J connectivity index is 2.39. The minimum Gasteiger partial charge on any atom is -0.464 e. The number of hydrogen-bond acceptors (Lipinski definition) is 4. The third-order valence-corrected chi connectivity index (χ3v) is 1.94. The van der Waals surface area contributed by atoms with Gasteiger partial charge in [-0.3, -0.25) is 0 Å². The number of pyridine rings is 1. The van der Waals surface area contributed by atoms with Crippen molar-refractivity contribution >= 4 is 5.97 Å². The molecule has 15 heavy (non-hydrogen) atoms. The zero-order valence-electron chi connectivity index (χ0n) is 8.12. The van der Waals surface area contributed by atoms with Crippen LogP contribution >= 0.6 is 0 Å². The van der Waals surface area contributed by atoms with Crippen LogP contribution in [-0.2, 0) is 4.74 Å². The summed E-state index contributed by atoms with van der Waals surface area (Å²) in [6.45, 7) is 0. The number of methoxy groups -OCH3 is 1. The first-order chi connectivity index (χ1) is 7.31. The van der Waals surface area contributed by atoms with Crippen LogP contribution in [0.1, 0.15) is 10.5 Å². The van der Waals surface area contributed by atoms with E-state index in [4.69, 9.17) is 0 Å². The van der Waals surface area contributed by atoms with Gasteiger partial charge in [0.2, 0.25) is 0 Å². The fourth-order valence-electron chi connectivity index (χ4n) is 1.21. The second-order valence-corrected chi connectivity index (χ2v) is 2.86. The Morgan fingerprint density at radius 2 is 2.33 bits per heavy atom. The zero-order valence-corrected chi connectivity index (χ0v) is 8.12. The average Bonchev–Trinajstić information content (AvgIpc) is 2.82. The van der Waals surface area contributed by atoms with E-state index in [0.29, 0.717) is 0 Å². The molecule has 0 spiro atoms. The van der Waals surface area contributed by atoms with Gasteiger partial charge in [-0.05, 0) is 12.1 Å². The summed E-state index contributed by atoms with van der Waals surface area (Å²) >= 11 is 0. The van der Waals surface area contributed by atoms with Gasteiger partial charge in [0, 0.05) is 18.6 Å². The summed E-state index contributed by atoms with van der Waals surface area (Å²) < 4.78 is 6.37. The highest BCUT2D eigenvalue weighted by molar-refractivity contribution is 5.87. The van der Waals surface area contributed by atoms with Crippen molar-refractivity contribution in [3.8, 4) is 5.69 Å². The van der Waals surface area contributed by atoms with Crippen LogP contribution < -0.4 is 0 Å². The number of rotatable bonds is 2. The summed E-state index contributed by atoms with van der Waals surface area (Å²) in [6.07, 6.45) is 6.66. The molecule has 76 valence electrons. The molecule has 5 heteroatoms. The standard InChI is InChI=1S/C10H9N3O2/c1-15-10(14)9-6-8(2-3-12-9)13-5-4-11-7-13/h2-7H,1H3. The first kappa shape index (κ1) is 9.39. The molecule has 2 aromatic rings. The summed E-state index contributed by atoms with van der Waals surface area (Å²) in [5.41, 5.74) is 1.10. The minimum absolute atomic E-state index is 0.281. The van der Waals surface area contributed by atoms with Gasteiger partial charge >= 0.3 is 5.97 Å². The third kappa shape index (κ3) is 1.85. The fourth-order valence-corrected chi connectivity index (χ4v) is 1.21. The summed E-state index contributed by atoms with van der Waals surface area (Å²) in [4.78, 5) is 19.1. The molecule has 2 aromatic heterocycles. The monoisotopic (exact) mass is 203 g/mol. The lowest BCUT2D eigenvalue weighted by Crippen LogP contribution is -2.05. The summed E-state index contributed by atoms with van der Waals surface area (Å²) in [6, 6.07) is 3.43. The highest BCUT2D eigenvalue weighted by atomic mass is 16.5. The molecule has 0 fully saturated rings. The molecule has 0 amide bonds. The van der Waals surface area contributed by atoms with Crippen molar-refractivity contribution in [2.75, 3.05) is 7.11 Å².